The lowest BCUT2D eigenvalue weighted by molar-refractivity contribution is -0.138. The van der Waals surface area contributed by atoms with Crippen LogP contribution in [0, 0.1) is 0 Å². The Kier molecular flexibility index (Phi) is 6.36. The number of hydrogen-bond donors (Lipinski definition) is 1. The molecular weight excluding hydrogens is 242 g/mol. The maximum Gasteiger partial charge on any atom is 0.317 e. The lowest BCUT2D eigenvalue weighted by atomic mass is 10.1. The van der Waals surface area contributed by atoms with Crippen molar-refractivity contribution in [1.29, 1.82) is 0 Å². The summed E-state index contributed by atoms with van der Waals surface area (Å²) in [6.07, 6.45) is 1.80. The second-order valence-corrected chi connectivity index (χ2v) is 4.77. The summed E-state index contributed by atoms with van der Waals surface area (Å²) in [5, 5.41) is 8.94. The summed E-state index contributed by atoms with van der Waals surface area (Å²) < 4.78 is 5.12. The molecule has 0 aliphatic rings. The number of benzene rings is 1. The molecule has 1 rings (SSSR count). The first-order valence-corrected chi connectivity index (χ1v) is 6.65. The number of carboxylic acids is 1. The van der Waals surface area contributed by atoms with Crippen molar-refractivity contribution in [2.24, 2.45) is 0 Å². The molecule has 1 unspecified atom stereocenters. The van der Waals surface area contributed by atoms with Gasteiger partial charge in [-0.2, -0.15) is 0 Å². The van der Waals surface area contributed by atoms with Gasteiger partial charge in [0, 0.05) is 6.04 Å². The molecule has 4 nitrogen and oxygen atoms in total. The molecule has 0 bridgehead atoms. The third-order valence-electron chi connectivity index (χ3n) is 3.16. The van der Waals surface area contributed by atoms with Gasteiger partial charge in [0.05, 0.1) is 13.7 Å². The molecule has 0 saturated heterocycles. The van der Waals surface area contributed by atoms with Crippen molar-refractivity contribution in [3.63, 3.8) is 0 Å². The summed E-state index contributed by atoms with van der Waals surface area (Å²) in [7, 11) is 1.65. The lowest BCUT2D eigenvalue weighted by Gasteiger charge is -2.27. The summed E-state index contributed by atoms with van der Waals surface area (Å²) in [5.41, 5.74) is 1.19. The highest BCUT2D eigenvalue weighted by Gasteiger charge is 2.16. The van der Waals surface area contributed by atoms with Gasteiger partial charge in [-0.15, -0.1) is 0 Å². The maximum absolute atomic E-state index is 10.9. The number of methoxy groups -OCH3 is 1. The van der Waals surface area contributed by atoms with Crippen molar-refractivity contribution in [1.82, 2.24) is 4.90 Å². The zero-order valence-electron chi connectivity index (χ0n) is 11.9. The predicted molar refractivity (Wildman–Crippen MR) is 75.7 cm³/mol. The first kappa shape index (κ1) is 15.5. The molecule has 4 heteroatoms. The van der Waals surface area contributed by atoms with Crippen LogP contribution in [-0.2, 0) is 11.2 Å². The van der Waals surface area contributed by atoms with Crippen LogP contribution in [0.5, 0.6) is 5.75 Å². The van der Waals surface area contributed by atoms with E-state index >= 15 is 0 Å². The van der Waals surface area contributed by atoms with Gasteiger partial charge in [-0.05, 0) is 44.0 Å². The summed E-state index contributed by atoms with van der Waals surface area (Å²) in [6.45, 7) is 5.05. The van der Waals surface area contributed by atoms with Gasteiger partial charge in [0.1, 0.15) is 5.75 Å². The molecule has 0 heterocycles. The molecule has 0 aliphatic heterocycles. The number of hydrogen-bond acceptors (Lipinski definition) is 3. The van der Waals surface area contributed by atoms with Crippen molar-refractivity contribution in [2.75, 3.05) is 20.2 Å². The number of aliphatic carboxylic acids is 1. The molecule has 1 aromatic carbocycles. The van der Waals surface area contributed by atoms with Crippen LogP contribution < -0.4 is 4.74 Å². The Balaban J connectivity index is 2.63. The third-order valence-corrected chi connectivity index (χ3v) is 3.16. The van der Waals surface area contributed by atoms with Crippen molar-refractivity contribution in [3.05, 3.63) is 29.8 Å². The SMILES string of the molecule is CCCN(CC(=O)O)C(C)Cc1ccc(OC)cc1. The second kappa shape index (κ2) is 7.79. The molecule has 1 aromatic rings. The number of carboxylic acid groups (broad SMARTS) is 1. The van der Waals surface area contributed by atoms with E-state index in [2.05, 4.69) is 13.8 Å². The molecule has 106 valence electrons. The minimum Gasteiger partial charge on any atom is -0.497 e. The van der Waals surface area contributed by atoms with Gasteiger partial charge in [-0.3, -0.25) is 9.69 Å². The van der Waals surface area contributed by atoms with Gasteiger partial charge >= 0.3 is 5.97 Å². The van der Waals surface area contributed by atoms with Crippen LogP contribution in [0.25, 0.3) is 0 Å². The van der Waals surface area contributed by atoms with Crippen LogP contribution in [0.1, 0.15) is 25.8 Å². The Morgan fingerprint density at radius 2 is 2.00 bits per heavy atom. The Morgan fingerprint density at radius 1 is 1.37 bits per heavy atom. The molecule has 0 aromatic heterocycles. The van der Waals surface area contributed by atoms with E-state index in [0.29, 0.717) is 0 Å². The van der Waals surface area contributed by atoms with E-state index in [0.717, 1.165) is 25.1 Å². The van der Waals surface area contributed by atoms with E-state index in [-0.39, 0.29) is 12.6 Å². The fourth-order valence-electron chi connectivity index (χ4n) is 2.15. The summed E-state index contributed by atoms with van der Waals surface area (Å²) in [6, 6.07) is 8.14. The van der Waals surface area contributed by atoms with Crippen LogP contribution in [0.2, 0.25) is 0 Å². The minimum atomic E-state index is -0.768. The fraction of sp³-hybridized carbons (Fsp3) is 0.533. The molecule has 0 radical (unpaired) electrons. The van der Waals surface area contributed by atoms with Gasteiger partial charge in [-0.1, -0.05) is 19.1 Å². The average Bonchev–Trinajstić information content (AvgIpc) is 2.38. The van der Waals surface area contributed by atoms with Crippen molar-refractivity contribution in [2.45, 2.75) is 32.7 Å². The number of carbonyl (C=O) groups is 1. The molecular formula is C15H23NO3. The van der Waals surface area contributed by atoms with E-state index in [9.17, 15) is 4.79 Å². The van der Waals surface area contributed by atoms with Crippen LogP contribution in [0.3, 0.4) is 0 Å². The number of nitrogens with zero attached hydrogens (tertiary/aromatic N) is 1. The number of rotatable bonds is 8. The summed E-state index contributed by atoms with van der Waals surface area (Å²) in [5.74, 6) is 0.0717. The molecule has 1 N–H and O–H groups in total. The van der Waals surface area contributed by atoms with Crippen molar-refractivity contribution in [3.8, 4) is 5.75 Å². The normalized spacial score (nSPS) is 12.4. The van der Waals surface area contributed by atoms with Crippen molar-refractivity contribution >= 4 is 5.97 Å². The highest BCUT2D eigenvalue weighted by molar-refractivity contribution is 5.69. The number of ether oxygens (including phenoxy) is 1. The van der Waals surface area contributed by atoms with E-state index in [1.54, 1.807) is 7.11 Å². The van der Waals surface area contributed by atoms with Crippen molar-refractivity contribution < 1.29 is 14.6 Å². The van der Waals surface area contributed by atoms with Crippen LogP contribution >= 0.6 is 0 Å². The zero-order valence-corrected chi connectivity index (χ0v) is 11.9. The van der Waals surface area contributed by atoms with Crippen LogP contribution in [0.4, 0.5) is 0 Å². The van der Waals surface area contributed by atoms with Crippen LogP contribution in [0.15, 0.2) is 24.3 Å². The van der Waals surface area contributed by atoms with Gasteiger partial charge in [0.15, 0.2) is 0 Å². The Morgan fingerprint density at radius 3 is 2.47 bits per heavy atom. The smallest absolute Gasteiger partial charge is 0.317 e. The molecule has 0 spiro atoms. The third kappa shape index (κ3) is 5.30. The molecule has 0 amide bonds. The minimum absolute atomic E-state index is 0.102. The quantitative estimate of drug-likeness (QED) is 0.784. The predicted octanol–water partition coefficient (Wildman–Crippen LogP) is 2.42. The summed E-state index contributed by atoms with van der Waals surface area (Å²) >= 11 is 0. The molecule has 19 heavy (non-hydrogen) atoms. The van der Waals surface area contributed by atoms with Gasteiger partial charge in [0.25, 0.3) is 0 Å². The first-order chi connectivity index (χ1) is 9.06. The Hall–Kier alpha value is -1.55. The van der Waals surface area contributed by atoms with E-state index in [1.165, 1.54) is 5.56 Å². The monoisotopic (exact) mass is 265 g/mol. The highest BCUT2D eigenvalue weighted by atomic mass is 16.5. The standard InChI is InChI=1S/C15H23NO3/c1-4-9-16(11-15(17)18)12(2)10-13-5-7-14(19-3)8-6-13/h5-8,12H,4,9-11H2,1-3H3,(H,17,18). The largest absolute Gasteiger partial charge is 0.497 e. The molecule has 0 aliphatic carbocycles. The lowest BCUT2D eigenvalue weighted by Crippen LogP contribution is -2.39. The molecule has 0 saturated carbocycles. The Labute approximate surface area is 115 Å². The van der Waals surface area contributed by atoms with E-state index in [1.807, 2.05) is 29.2 Å². The second-order valence-electron chi connectivity index (χ2n) is 4.77. The molecule has 0 fully saturated rings. The van der Waals surface area contributed by atoms with E-state index in [4.69, 9.17) is 9.84 Å². The highest BCUT2D eigenvalue weighted by Crippen LogP contribution is 2.14. The molecule has 1 atom stereocenters. The fourth-order valence-corrected chi connectivity index (χ4v) is 2.15. The average molecular weight is 265 g/mol. The van der Waals surface area contributed by atoms with Gasteiger partial charge in [0.2, 0.25) is 0 Å². The van der Waals surface area contributed by atoms with E-state index < -0.39 is 5.97 Å². The van der Waals surface area contributed by atoms with Gasteiger partial charge < -0.3 is 9.84 Å². The Bertz CT molecular complexity index is 389. The zero-order chi connectivity index (χ0) is 14.3. The maximum atomic E-state index is 10.9. The first-order valence-electron chi connectivity index (χ1n) is 6.65. The topological polar surface area (TPSA) is 49.8 Å². The van der Waals surface area contributed by atoms with Crippen LogP contribution in [-0.4, -0.2) is 42.2 Å². The van der Waals surface area contributed by atoms with Gasteiger partial charge in [-0.25, -0.2) is 0 Å². The summed E-state index contributed by atoms with van der Waals surface area (Å²) in [4.78, 5) is 12.9.